The van der Waals surface area contributed by atoms with Gasteiger partial charge in [-0.2, -0.15) is 4.31 Å². The average molecular weight is 422 g/mol. The van der Waals surface area contributed by atoms with Crippen molar-refractivity contribution < 1.29 is 26.0 Å². The Kier molecular flexibility index (Phi) is 6.95. The summed E-state index contributed by atoms with van der Waals surface area (Å²) in [5.74, 6) is -0.799. The lowest BCUT2D eigenvalue weighted by Crippen LogP contribution is -2.52. The van der Waals surface area contributed by atoms with Gasteiger partial charge >= 0.3 is 0 Å². The monoisotopic (exact) mass is 421 g/mol. The summed E-state index contributed by atoms with van der Waals surface area (Å²) < 4.78 is 61.3. The number of likely N-dealkylation sites (N-methyl/N-ethyl adjacent to an activating group) is 1. The molecule has 0 unspecified atom stereocenters. The maximum absolute atomic E-state index is 13.0. The van der Waals surface area contributed by atoms with Gasteiger partial charge in [-0.05, 0) is 24.3 Å². The smallest absolute Gasteiger partial charge is 0.243 e. The normalized spacial score (nSPS) is 16.7. The van der Waals surface area contributed by atoms with Crippen LogP contribution in [0.2, 0.25) is 0 Å². The zero-order valence-electron chi connectivity index (χ0n) is 15.3. The predicted molar refractivity (Wildman–Crippen MR) is 98.9 cm³/mol. The van der Waals surface area contributed by atoms with Gasteiger partial charge in [-0.1, -0.05) is 0 Å². The van der Waals surface area contributed by atoms with Crippen LogP contribution in [0.1, 0.15) is 0 Å². The maximum Gasteiger partial charge on any atom is 0.243 e. The van der Waals surface area contributed by atoms with Gasteiger partial charge in [0.15, 0.2) is 0 Å². The second kappa shape index (κ2) is 8.63. The van der Waals surface area contributed by atoms with Gasteiger partial charge < -0.3 is 4.90 Å². The second-order valence-electron chi connectivity index (χ2n) is 6.57. The summed E-state index contributed by atoms with van der Waals surface area (Å²) in [6.45, 7) is 1.99. The molecule has 11 heteroatoms. The van der Waals surface area contributed by atoms with Gasteiger partial charge in [0.2, 0.25) is 15.9 Å². The number of carbonyl (C=O) groups excluding carboxylic acids is 1. The van der Waals surface area contributed by atoms with Gasteiger partial charge in [-0.25, -0.2) is 21.2 Å². The summed E-state index contributed by atoms with van der Waals surface area (Å²) in [7, 11) is -5.61. The quantitative estimate of drug-likeness (QED) is 0.597. The van der Waals surface area contributed by atoms with E-state index in [1.54, 1.807) is 4.90 Å². The first-order chi connectivity index (χ1) is 12.5. The second-order valence-corrected chi connectivity index (χ2v) is 10.9. The van der Waals surface area contributed by atoms with E-state index in [0.29, 0.717) is 32.7 Å². The van der Waals surface area contributed by atoms with E-state index in [4.69, 9.17) is 0 Å². The molecule has 0 atom stereocenters. The lowest BCUT2D eigenvalue weighted by atomic mass is 10.3. The van der Waals surface area contributed by atoms with Gasteiger partial charge in [0.25, 0.3) is 0 Å². The minimum Gasteiger partial charge on any atom is -0.339 e. The highest BCUT2D eigenvalue weighted by atomic mass is 32.2. The first-order valence-electron chi connectivity index (χ1n) is 8.39. The molecule has 1 saturated heterocycles. The van der Waals surface area contributed by atoms with Crippen LogP contribution in [0, 0.1) is 5.82 Å². The van der Waals surface area contributed by atoms with Gasteiger partial charge in [-0.15, -0.1) is 0 Å². The molecule has 1 aliphatic heterocycles. The molecule has 2 rings (SSSR count). The van der Waals surface area contributed by atoms with Crippen molar-refractivity contribution in [2.24, 2.45) is 0 Å². The van der Waals surface area contributed by atoms with Crippen LogP contribution < -0.4 is 0 Å². The summed E-state index contributed by atoms with van der Waals surface area (Å²) in [5, 5.41) is 0. The van der Waals surface area contributed by atoms with Crippen molar-refractivity contribution in [3.05, 3.63) is 30.1 Å². The third-order valence-corrected chi connectivity index (χ3v) is 7.12. The molecular weight excluding hydrogens is 397 g/mol. The van der Waals surface area contributed by atoms with Crippen LogP contribution in [0.4, 0.5) is 4.39 Å². The molecule has 1 aromatic rings. The number of hydrogen-bond acceptors (Lipinski definition) is 6. The van der Waals surface area contributed by atoms with Crippen molar-refractivity contribution in [3.8, 4) is 0 Å². The minimum atomic E-state index is -3.88. The Bertz CT molecular complexity index is 864. The lowest BCUT2D eigenvalue weighted by molar-refractivity contribution is -0.132. The van der Waals surface area contributed by atoms with E-state index >= 15 is 0 Å². The van der Waals surface area contributed by atoms with Crippen LogP contribution in [0.3, 0.4) is 0 Å². The van der Waals surface area contributed by atoms with Crippen LogP contribution in [-0.4, -0.2) is 95.2 Å². The number of piperazine rings is 1. The zero-order chi connectivity index (χ0) is 20.2. The molecule has 1 fully saturated rings. The molecule has 27 heavy (non-hydrogen) atoms. The first-order valence-corrected chi connectivity index (χ1v) is 11.9. The molecule has 0 aliphatic carbocycles. The highest BCUT2D eigenvalue weighted by Crippen LogP contribution is 2.15. The molecular formula is C16H24FN3O5S2. The molecule has 0 N–H and O–H groups in total. The molecule has 1 heterocycles. The van der Waals surface area contributed by atoms with Crippen LogP contribution in [-0.2, 0) is 24.7 Å². The molecule has 1 amide bonds. The SMILES string of the molecule is CN(CC(=O)N1CCN(CCS(C)(=O)=O)CC1)S(=O)(=O)c1ccc(F)cc1. The van der Waals surface area contributed by atoms with Gasteiger partial charge in [0, 0.05) is 46.0 Å². The van der Waals surface area contributed by atoms with E-state index in [2.05, 4.69) is 0 Å². The summed E-state index contributed by atoms with van der Waals surface area (Å²) in [6.07, 6.45) is 1.18. The third kappa shape index (κ3) is 6.23. The number of amides is 1. The summed E-state index contributed by atoms with van der Waals surface area (Å²) in [4.78, 5) is 15.9. The molecule has 0 radical (unpaired) electrons. The van der Waals surface area contributed by atoms with Crippen molar-refractivity contribution in [1.29, 1.82) is 0 Å². The van der Waals surface area contributed by atoms with Crippen LogP contribution in [0.25, 0.3) is 0 Å². The van der Waals surface area contributed by atoms with E-state index in [1.807, 2.05) is 4.90 Å². The highest BCUT2D eigenvalue weighted by Gasteiger charge is 2.27. The van der Waals surface area contributed by atoms with E-state index in [0.717, 1.165) is 28.6 Å². The number of hydrogen-bond donors (Lipinski definition) is 0. The Morgan fingerprint density at radius 1 is 1.07 bits per heavy atom. The van der Waals surface area contributed by atoms with Crippen LogP contribution in [0.5, 0.6) is 0 Å². The molecule has 0 spiro atoms. The lowest BCUT2D eigenvalue weighted by Gasteiger charge is -2.35. The number of sulfonamides is 1. The largest absolute Gasteiger partial charge is 0.339 e. The fourth-order valence-corrected chi connectivity index (χ4v) is 4.39. The Morgan fingerprint density at radius 2 is 1.63 bits per heavy atom. The molecule has 1 aromatic carbocycles. The number of carbonyl (C=O) groups is 1. The predicted octanol–water partition coefficient (Wildman–Crippen LogP) is -0.365. The Morgan fingerprint density at radius 3 is 2.15 bits per heavy atom. The van der Waals surface area contributed by atoms with Gasteiger partial charge in [0.05, 0.1) is 17.2 Å². The van der Waals surface area contributed by atoms with Crippen LogP contribution >= 0.6 is 0 Å². The standard InChI is InChI=1S/C16H24FN3O5S2/c1-18(27(24,25)15-5-3-14(17)4-6-15)13-16(21)20-9-7-19(8-10-20)11-12-26(2,22)23/h3-6H,7-13H2,1-2H3. The number of halogens is 1. The summed E-state index contributed by atoms with van der Waals surface area (Å²) in [6, 6.07) is 4.43. The van der Waals surface area contributed by atoms with Crippen molar-refractivity contribution in [3.63, 3.8) is 0 Å². The number of rotatable bonds is 7. The average Bonchev–Trinajstić information content (AvgIpc) is 2.60. The van der Waals surface area contributed by atoms with E-state index in [1.165, 1.54) is 13.3 Å². The number of benzene rings is 1. The van der Waals surface area contributed by atoms with Gasteiger partial charge in [-0.3, -0.25) is 9.69 Å². The molecule has 0 saturated carbocycles. The van der Waals surface area contributed by atoms with Crippen molar-refractivity contribution in [1.82, 2.24) is 14.1 Å². The summed E-state index contributed by atoms with van der Waals surface area (Å²) >= 11 is 0. The topological polar surface area (TPSA) is 95.1 Å². The van der Waals surface area contributed by atoms with E-state index in [9.17, 15) is 26.0 Å². The highest BCUT2D eigenvalue weighted by molar-refractivity contribution is 7.90. The summed E-state index contributed by atoms with van der Waals surface area (Å²) in [5.41, 5.74) is 0. The molecule has 152 valence electrons. The molecule has 8 nitrogen and oxygen atoms in total. The first kappa shape index (κ1) is 21.7. The minimum absolute atomic E-state index is 0.0690. The fourth-order valence-electron chi connectivity index (χ4n) is 2.68. The molecule has 0 aromatic heterocycles. The van der Waals surface area contributed by atoms with E-state index in [-0.39, 0.29) is 23.1 Å². The Hall–Kier alpha value is -1.56. The van der Waals surface area contributed by atoms with Crippen molar-refractivity contribution in [2.45, 2.75) is 4.90 Å². The van der Waals surface area contributed by atoms with Crippen LogP contribution in [0.15, 0.2) is 29.2 Å². The fraction of sp³-hybridized carbons (Fsp3) is 0.562. The van der Waals surface area contributed by atoms with Crippen molar-refractivity contribution in [2.75, 3.05) is 58.3 Å². The molecule has 0 bridgehead atoms. The van der Waals surface area contributed by atoms with E-state index < -0.39 is 25.7 Å². The number of nitrogens with zero attached hydrogens (tertiary/aromatic N) is 3. The zero-order valence-corrected chi connectivity index (χ0v) is 17.0. The van der Waals surface area contributed by atoms with Gasteiger partial charge in [0.1, 0.15) is 15.7 Å². The Balaban J connectivity index is 1.89. The van der Waals surface area contributed by atoms with Crippen molar-refractivity contribution >= 4 is 25.8 Å². The third-order valence-electron chi connectivity index (χ3n) is 4.38. The Labute approximate surface area is 159 Å². The number of sulfone groups is 1. The molecule has 1 aliphatic rings. The maximum atomic E-state index is 13.0.